The van der Waals surface area contributed by atoms with Crippen LogP contribution in [-0.4, -0.2) is 9.41 Å². The molecule has 6 heteroatoms. The van der Waals surface area contributed by atoms with Gasteiger partial charge in [0.15, 0.2) is 21.1 Å². The summed E-state index contributed by atoms with van der Waals surface area (Å²) in [6.45, 7) is 0. The fourth-order valence-electron chi connectivity index (χ4n) is 0.678. The molecule has 0 spiro atoms. The monoisotopic (exact) mass is 308 g/mol. The molecule has 12 heavy (non-hydrogen) atoms. The van der Waals surface area contributed by atoms with Crippen molar-refractivity contribution in [2.75, 3.05) is 0 Å². The third-order valence-corrected chi connectivity index (χ3v) is 2.90. The third-order valence-electron chi connectivity index (χ3n) is 1.34. The van der Waals surface area contributed by atoms with Crippen molar-refractivity contribution < 1.29 is 17.6 Å². The van der Waals surface area contributed by atoms with E-state index in [0.29, 0.717) is 0 Å². The van der Waals surface area contributed by atoms with Crippen molar-refractivity contribution in [2.24, 2.45) is 0 Å². The van der Waals surface area contributed by atoms with E-state index >= 15 is 0 Å². The van der Waals surface area contributed by atoms with Crippen LogP contribution in [0.5, 0.6) is 0 Å². The second-order valence-electron chi connectivity index (χ2n) is 2.17. The highest BCUT2D eigenvalue weighted by molar-refractivity contribution is 9.25. The van der Waals surface area contributed by atoms with Gasteiger partial charge in [-0.15, -0.1) is 0 Å². The normalized spacial score (nSPS) is 28.8. The van der Waals surface area contributed by atoms with Crippen LogP contribution in [0.4, 0.5) is 17.6 Å². The molecular weight excluding hydrogens is 308 g/mol. The second-order valence-corrected chi connectivity index (χ2v) is 5.74. The number of allylic oxidation sites excluding steroid dienone is 4. The summed E-state index contributed by atoms with van der Waals surface area (Å²) in [7, 11) is 0. The summed E-state index contributed by atoms with van der Waals surface area (Å²) in [6.07, 6.45) is -2.11. The Morgan fingerprint density at radius 3 is 2.25 bits per heavy atom. The summed E-state index contributed by atoms with van der Waals surface area (Å²) < 4.78 is 48.4. The lowest BCUT2D eigenvalue weighted by Gasteiger charge is -2.24. The molecule has 0 fully saturated rings. The van der Waals surface area contributed by atoms with E-state index in [1.54, 1.807) is 0 Å². The SMILES string of the molecule is FC1=CC(F)=C(F)C(F)C1(Br)Br. The maximum Gasteiger partial charge on any atom is 0.186 e. The summed E-state index contributed by atoms with van der Waals surface area (Å²) in [5, 5.41) is 0. The second kappa shape index (κ2) is 3.14. The van der Waals surface area contributed by atoms with Gasteiger partial charge in [-0.2, -0.15) is 0 Å². The van der Waals surface area contributed by atoms with Gasteiger partial charge >= 0.3 is 0 Å². The molecule has 0 aromatic heterocycles. The highest BCUT2D eigenvalue weighted by atomic mass is 79.9. The minimum absolute atomic E-state index is 0.287. The van der Waals surface area contributed by atoms with Crippen LogP contribution in [0.3, 0.4) is 0 Å². The van der Waals surface area contributed by atoms with Gasteiger partial charge in [0.25, 0.3) is 0 Å². The van der Waals surface area contributed by atoms with Crippen LogP contribution in [0, 0.1) is 0 Å². The lowest BCUT2D eigenvalue weighted by molar-refractivity contribution is 0.289. The standard InChI is InChI=1S/C6H2Br2F4/c7-6(8)3(10)1-2(9)4(11)5(6)12/h1,5H. The summed E-state index contributed by atoms with van der Waals surface area (Å²) in [4.78, 5) is 0. The Morgan fingerprint density at radius 1 is 1.25 bits per heavy atom. The zero-order valence-electron chi connectivity index (χ0n) is 5.42. The van der Waals surface area contributed by atoms with Gasteiger partial charge in [-0.1, -0.05) is 31.9 Å². The smallest absolute Gasteiger partial charge is 0.186 e. The van der Waals surface area contributed by atoms with Gasteiger partial charge in [-0.25, -0.2) is 17.6 Å². The summed E-state index contributed by atoms with van der Waals surface area (Å²) in [6, 6.07) is 0. The molecule has 0 aromatic rings. The van der Waals surface area contributed by atoms with Crippen LogP contribution < -0.4 is 0 Å². The first-order chi connectivity index (χ1) is 5.37. The molecule has 0 N–H and O–H groups in total. The van der Waals surface area contributed by atoms with Crippen LogP contribution in [0.1, 0.15) is 0 Å². The number of rotatable bonds is 0. The van der Waals surface area contributed by atoms with Crippen LogP contribution >= 0.6 is 31.9 Å². The molecule has 68 valence electrons. The van der Waals surface area contributed by atoms with Crippen molar-refractivity contribution in [2.45, 2.75) is 9.41 Å². The summed E-state index contributed by atoms with van der Waals surface area (Å²) in [5.74, 6) is -4.28. The largest absolute Gasteiger partial charge is 0.237 e. The van der Waals surface area contributed by atoms with E-state index in [0.717, 1.165) is 0 Å². The van der Waals surface area contributed by atoms with E-state index in [9.17, 15) is 17.6 Å². The van der Waals surface area contributed by atoms with Crippen LogP contribution in [-0.2, 0) is 0 Å². The zero-order valence-corrected chi connectivity index (χ0v) is 8.59. The molecule has 0 heterocycles. The van der Waals surface area contributed by atoms with Crippen LogP contribution in [0.25, 0.3) is 0 Å². The van der Waals surface area contributed by atoms with E-state index in [1.807, 2.05) is 0 Å². The van der Waals surface area contributed by atoms with Gasteiger partial charge in [-0.3, -0.25) is 0 Å². The Labute approximate surface area is 82.6 Å². The highest BCUT2D eigenvalue weighted by Gasteiger charge is 2.46. The molecule has 1 aliphatic carbocycles. The fraction of sp³-hybridized carbons (Fsp3) is 0.333. The summed E-state index contributed by atoms with van der Waals surface area (Å²) >= 11 is 5.10. The van der Waals surface area contributed by atoms with Crippen molar-refractivity contribution in [3.05, 3.63) is 23.6 Å². The van der Waals surface area contributed by atoms with Crippen molar-refractivity contribution in [1.82, 2.24) is 0 Å². The maximum atomic E-state index is 12.8. The molecule has 0 saturated heterocycles. The molecule has 1 unspecified atom stereocenters. The minimum Gasteiger partial charge on any atom is -0.237 e. The molecule has 1 atom stereocenters. The molecular formula is C6H2Br2F4. The molecule has 0 nitrogen and oxygen atoms in total. The first kappa shape index (κ1) is 10.2. The van der Waals surface area contributed by atoms with Gasteiger partial charge < -0.3 is 0 Å². The van der Waals surface area contributed by atoms with E-state index in [2.05, 4.69) is 31.9 Å². The molecule has 0 amide bonds. The van der Waals surface area contributed by atoms with E-state index in [4.69, 9.17) is 0 Å². The number of hydrogen-bond acceptors (Lipinski definition) is 0. The lowest BCUT2D eigenvalue weighted by Crippen LogP contribution is -2.30. The van der Waals surface area contributed by atoms with Crippen molar-refractivity contribution in [3.63, 3.8) is 0 Å². The quantitative estimate of drug-likeness (QED) is 0.471. The lowest BCUT2D eigenvalue weighted by atomic mass is 10.1. The van der Waals surface area contributed by atoms with Gasteiger partial charge in [0, 0.05) is 6.08 Å². The van der Waals surface area contributed by atoms with Gasteiger partial charge in [0.1, 0.15) is 5.83 Å². The molecule has 0 saturated carbocycles. The molecule has 1 rings (SSSR count). The Hall–Kier alpha value is 0.160. The van der Waals surface area contributed by atoms with E-state index in [-0.39, 0.29) is 6.08 Å². The van der Waals surface area contributed by atoms with E-state index in [1.165, 1.54) is 0 Å². The molecule has 1 aliphatic rings. The van der Waals surface area contributed by atoms with Gasteiger partial charge in [-0.05, 0) is 0 Å². The topological polar surface area (TPSA) is 0 Å². The molecule has 0 aliphatic heterocycles. The minimum atomic E-state index is -2.40. The Morgan fingerprint density at radius 2 is 1.75 bits per heavy atom. The summed E-state index contributed by atoms with van der Waals surface area (Å²) in [5.41, 5.74) is 0. The average molecular weight is 310 g/mol. The zero-order chi connectivity index (χ0) is 9.52. The van der Waals surface area contributed by atoms with Crippen molar-refractivity contribution in [1.29, 1.82) is 0 Å². The number of hydrogen-bond donors (Lipinski definition) is 0. The van der Waals surface area contributed by atoms with E-state index < -0.39 is 26.9 Å². The Bertz CT molecular complexity index is 269. The number of alkyl halides is 3. The first-order valence-corrected chi connectivity index (χ1v) is 4.40. The fourth-order valence-corrected chi connectivity index (χ4v) is 1.31. The first-order valence-electron chi connectivity index (χ1n) is 2.82. The van der Waals surface area contributed by atoms with Crippen molar-refractivity contribution >= 4 is 31.9 Å². The molecule has 0 bridgehead atoms. The number of halogens is 6. The predicted octanol–water partition coefficient (Wildman–Crippen LogP) is 3.83. The van der Waals surface area contributed by atoms with Gasteiger partial charge in [0.05, 0.1) is 0 Å². The molecule has 0 aromatic carbocycles. The maximum absolute atomic E-state index is 12.8. The molecule has 0 radical (unpaired) electrons. The van der Waals surface area contributed by atoms with Crippen molar-refractivity contribution in [3.8, 4) is 0 Å². The Balaban J connectivity index is 3.16. The van der Waals surface area contributed by atoms with Gasteiger partial charge in [0.2, 0.25) is 0 Å². The average Bonchev–Trinajstić information content (AvgIpc) is 1.99. The van der Waals surface area contributed by atoms with Crippen LogP contribution in [0.2, 0.25) is 0 Å². The predicted molar refractivity (Wildman–Crippen MR) is 43.9 cm³/mol. The highest BCUT2D eigenvalue weighted by Crippen LogP contribution is 2.47. The van der Waals surface area contributed by atoms with Crippen LogP contribution in [0.15, 0.2) is 23.6 Å². The Kier molecular flexibility index (Phi) is 2.68. The third kappa shape index (κ3) is 1.46.